The highest BCUT2D eigenvalue weighted by Crippen LogP contribution is 2.32. The van der Waals surface area contributed by atoms with Gasteiger partial charge in [-0.2, -0.15) is 0 Å². The van der Waals surface area contributed by atoms with Gasteiger partial charge >= 0.3 is 12.1 Å². The molecule has 1 unspecified atom stereocenters. The van der Waals surface area contributed by atoms with Crippen molar-refractivity contribution >= 4 is 34.3 Å². The largest absolute Gasteiger partial charge is 0.463 e. The number of nitrogens with zero attached hydrogens (tertiary/aromatic N) is 3. The molecule has 1 saturated heterocycles. The maximum Gasteiger partial charge on any atom is 0.410 e. The predicted octanol–water partition coefficient (Wildman–Crippen LogP) is 3.62. The van der Waals surface area contributed by atoms with E-state index in [0.717, 1.165) is 4.88 Å². The third kappa shape index (κ3) is 5.50. The lowest BCUT2D eigenvalue weighted by Gasteiger charge is -2.40. The molecule has 9 nitrogen and oxygen atoms in total. The average molecular weight is 449 g/mol. The molecule has 0 aliphatic carbocycles. The van der Waals surface area contributed by atoms with Crippen LogP contribution in [0.2, 0.25) is 0 Å². The molecule has 10 heteroatoms. The Morgan fingerprint density at radius 1 is 1.35 bits per heavy atom. The Balaban J connectivity index is 1.92. The summed E-state index contributed by atoms with van der Waals surface area (Å²) in [6, 6.07) is 5.23. The number of hydrogen-bond acceptors (Lipinski definition) is 9. The zero-order valence-electron chi connectivity index (χ0n) is 18.4. The predicted molar refractivity (Wildman–Crippen MR) is 116 cm³/mol. The number of thiazole rings is 1. The van der Waals surface area contributed by atoms with Gasteiger partial charge in [0.1, 0.15) is 11.4 Å². The van der Waals surface area contributed by atoms with E-state index in [-0.39, 0.29) is 19.8 Å². The van der Waals surface area contributed by atoms with Crippen molar-refractivity contribution in [1.29, 1.82) is 0 Å². The fraction of sp³-hybridized carbons (Fsp3) is 0.524. The molecule has 0 saturated carbocycles. The summed E-state index contributed by atoms with van der Waals surface area (Å²) < 4.78 is 16.8. The van der Waals surface area contributed by atoms with E-state index in [1.54, 1.807) is 52.1 Å². The van der Waals surface area contributed by atoms with Crippen molar-refractivity contribution in [3.05, 3.63) is 35.0 Å². The van der Waals surface area contributed by atoms with Gasteiger partial charge in [-0.15, -0.1) is 11.3 Å². The van der Waals surface area contributed by atoms with Crippen molar-refractivity contribution in [2.24, 2.45) is 0 Å². The standard InChI is InChI=1S/C21H28N4O5S/c1-6-28-17(26)21(13-25(10-11-29-21)19(27)30-20(3,4)5)15-8-7-9-16(23-15)24-18-22-12-14(2)31-18/h7-9,12H,6,10-11,13H2,1-5H3,(H,22,23,24). The van der Waals surface area contributed by atoms with Crippen LogP contribution in [-0.2, 0) is 24.6 Å². The highest BCUT2D eigenvalue weighted by atomic mass is 32.1. The quantitative estimate of drug-likeness (QED) is 0.692. The third-order valence-corrected chi connectivity index (χ3v) is 5.23. The summed E-state index contributed by atoms with van der Waals surface area (Å²) in [6.45, 7) is 9.61. The molecule has 3 heterocycles. The van der Waals surface area contributed by atoms with Crippen LogP contribution in [0.3, 0.4) is 0 Å². The Labute approximate surface area is 185 Å². The summed E-state index contributed by atoms with van der Waals surface area (Å²) in [5, 5.41) is 3.83. The van der Waals surface area contributed by atoms with Gasteiger partial charge in [-0.3, -0.25) is 0 Å². The molecule has 1 N–H and O–H groups in total. The number of nitrogens with one attached hydrogen (secondary N) is 1. The lowest BCUT2D eigenvalue weighted by Crippen LogP contribution is -2.57. The molecule has 168 valence electrons. The van der Waals surface area contributed by atoms with Crippen LogP contribution in [0, 0.1) is 6.92 Å². The molecule has 1 aliphatic rings. The number of anilines is 2. The topological polar surface area (TPSA) is 103 Å². The van der Waals surface area contributed by atoms with Crippen LogP contribution in [-0.4, -0.2) is 58.8 Å². The maximum atomic E-state index is 13.1. The smallest absolute Gasteiger partial charge is 0.410 e. The highest BCUT2D eigenvalue weighted by molar-refractivity contribution is 7.15. The van der Waals surface area contributed by atoms with Gasteiger partial charge in [-0.05, 0) is 46.8 Å². The molecular formula is C21H28N4O5S. The monoisotopic (exact) mass is 448 g/mol. The van der Waals surface area contributed by atoms with Gasteiger partial charge in [-0.25, -0.2) is 19.6 Å². The van der Waals surface area contributed by atoms with Crippen molar-refractivity contribution in [2.45, 2.75) is 45.8 Å². The Morgan fingerprint density at radius 2 is 2.13 bits per heavy atom. The van der Waals surface area contributed by atoms with E-state index in [2.05, 4.69) is 15.3 Å². The fourth-order valence-corrected chi connectivity index (χ4v) is 3.76. The number of ether oxygens (including phenoxy) is 3. The van der Waals surface area contributed by atoms with Crippen LogP contribution in [0.1, 0.15) is 38.3 Å². The first-order valence-electron chi connectivity index (χ1n) is 10.1. The average Bonchev–Trinajstić information content (AvgIpc) is 3.11. The van der Waals surface area contributed by atoms with Gasteiger partial charge in [0.2, 0.25) is 5.60 Å². The van der Waals surface area contributed by atoms with E-state index in [1.165, 1.54) is 16.2 Å². The fourth-order valence-electron chi connectivity index (χ4n) is 3.09. The molecule has 2 aromatic heterocycles. The van der Waals surface area contributed by atoms with Crippen molar-refractivity contribution < 1.29 is 23.8 Å². The van der Waals surface area contributed by atoms with E-state index < -0.39 is 23.3 Å². The van der Waals surface area contributed by atoms with Gasteiger partial charge in [0.15, 0.2) is 5.13 Å². The molecule has 31 heavy (non-hydrogen) atoms. The summed E-state index contributed by atoms with van der Waals surface area (Å²) in [6.07, 6.45) is 1.25. The Bertz CT molecular complexity index is 942. The molecule has 3 rings (SSSR count). The lowest BCUT2D eigenvalue weighted by molar-refractivity contribution is -0.186. The molecule has 1 amide bonds. The van der Waals surface area contributed by atoms with Crippen LogP contribution in [0.4, 0.5) is 15.7 Å². The SMILES string of the molecule is CCOC(=O)C1(c2cccc(Nc3ncc(C)s3)n2)CN(C(=O)OC(C)(C)C)CCO1. The number of rotatable bonds is 5. The second-order valence-corrected chi connectivity index (χ2v) is 9.34. The number of hydrogen-bond donors (Lipinski definition) is 1. The normalized spacial score (nSPS) is 19.1. The van der Waals surface area contributed by atoms with Gasteiger partial charge in [0.25, 0.3) is 0 Å². The van der Waals surface area contributed by atoms with Crippen molar-refractivity contribution in [2.75, 3.05) is 31.6 Å². The van der Waals surface area contributed by atoms with Crippen LogP contribution in [0.5, 0.6) is 0 Å². The molecule has 2 aromatic rings. The zero-order valence-corrected chi connectivity index (χ0v) is 19.2. The van der Waals surface area contributed by atoms with Gasteiger partial charge in [0.05, 0.1) is 25.5 Å². The number of amides is 1. The molecule has 0 aromatic carbocycles. The summed E-state index contributed by atoms with van der Waals surface area (Å²) in [7, 11) is 0. The van der Waals surface area contributed by atoms with E-state index >= 15 is 0 Å². The van der Waals surface area contributed by atoms with Gasteiger partial charge in [0, 0.05) is 17.6 Å². The summed E-state index contributed by atoms with van der Waals surface area (Å²) in [4.78, 5) is 37.1. The first-order chi connectivity index (χ1) is 14.6. The molecule has 0 spiro atoms. The second-order valence-electron chi connectivity index (χ2n) is 8.11. The molecule has 0 radical (unpaired) electrons. The Hall–Kier alpha value is -2.72. The van der Waals surface area contributed by atoms with Gasteiger partial charge < -0.3 is 24.4 Å². The maximum absolute atomic E-state index is 13.1. The van der Waals surface area contributed by atoms with Crippen LogP contribution in [0.15, 0.2) is 24.4 Å². The minimum absolute atomic E-state index is 0.0619. The first kappa shape index (κ1) is 23.0. The number of aryl methyl sites for hydroxylation is 1. The number of pyridine rings is 1. The van der Waals surface area contributed by atoms with E-state index in [1.807, 2.05) is 6.92 Å². The summed E-state index contributed by atoms with van der Waals surface area (Å²) in [5.41, 5.74) is -1.87. The summed E-state index contributed by atoms with van der Waals surface area (Å²) >= 11 is 1.49. The first-order valence-corrected chi connectivity index (χ1v) is 10.9. The van der Waals surface area contributed by atoms with Gasteiger partial charge in [-0.1, -0.05) is 6.07 Å². The second kappa shape index (κ2) is 9.19. The third-order valence-electron chi connectivity index (χ3n) is 4.40. The zero-order chi connectivity index (χ0) is 22.6. The van der Waals surface area contributed by atoms with Crippen molar-refractivity contribution in [3.8, 4) is 0 Å². The minimum Gasteiger partial charge on any atom is -0.463 e. The molecule has 0 bridgehead atoms. The molecule has 1 aliphatic heterocycles. The number of morpholine rings is 1. The number of carbonyl (C=O) groups excluding carboxylic acids is 2. The number of esters is 1. The van der Waals surface area contributed by atoms with E-state index in [0.29, 0.717) is 23.2 Å². The molecule has 1 atom stereocenters. The Kier molecular flexibility index (Phi) is 6.80. The van der Waals surface area contributed by atoms with E-state index in [9.17, 15) is 9.59 Å². The Morgan fingerprint density at radius 3 is 2.77 bits per heavy atom. The minimum atomic E-state index is -1.55. The van der Waals surface area contributed by atoms with Crippen molar-refractivity contribution in [1.82, 2.24) is 14.9 Å². The summed E-state index contributed by atoms with van der Waals surface area (Å²) in [5.74, 6) is -0.0912. The number of aromatic nitrogens is 2. The van der Waals surface area contributed by atoms with Crippen molar-refractivity contribution in [3.63, 3.8) is 0 Å². The van der Waals surface area contributed by atoms with Crippen LogP contribution < -0.4 is 5.32 Å². The lowest BCUT2D eigenvalue weighted by atomic mass is 9.96. The van der Waals surface area contributed by atoms with Crippen LogP contribution in [0.25, 0.3) is 0 Å². The number of carbonyl (C=O) groups is 2. The van der Waals surface area contributed by atoms with Crippen LogP contribution >= 0.6 is 11.3 Å². The highest BCUT2D eigenvalue weighted by Gasteiger charge is 2.50. The molecular weight excluding hydrogens is 420 g/mol. The van der Waals surface area contributed by atoms with E-state index in [4.69, 9.17) is 14.2 Å². The molecule has 1 fully saturated rings.